The van der Waals surface area contributed by atoms with E-state index in [0.29, 0.717) is 22.0 Å². The zero-order valence-corrected chi connectivity index (χ0v) is 15.9. The fourth-order valence-corrected chi connectivity index (χ4v) is 3.83. The van der Waals surface area contributed by atoms with Crippen molar-refractivity contribution in [1.29, 1.82) is 0 Å². The Balaban J connectivity index is 2.01. The second-order valence-corrected chi connectivity index (χ2v) is 7.28. The van der Waals surface area contributed by atoms with E-state index in [-0.39, 0.29) is 18.1 Å². The van der Waals surface area contributed by atoms with Crippen LogP contribution in [0.2, 0.25) is 0 Å². The van der Waals surface area contributed by atoms with Gasteiger partial charge in [-0.15, -0.1) is 11.8 Å². The van der Waals surface area contributed by atoms with Crippen molar-refractivity contribution in [3.8, 4) is 0 Å². The Morgan fingerprint density at radius 3 is 2.64 bits per heavy atom. The highest BCUT2D eigenvalue weighted by Crippen LogP contribution is 2.19. The maximum Gasteiger partial charge on any atom is 0.350 e. The molecule has 0 N–H and O–H groups in total. The van der Waals surface area contributed by atoms with Crippen molar-refractivity contribution in [2.24, 2.45) is 12.0 Å². The summed E-state index contributed by atoms with van der Waals surface area (Å²) in [5, 5.41) is 0. The largest absolute Gasteiger partial charge is 0.462 e. The Hall–Kier alpha value is -1.93. The highest BCUT2D eigenvalue weighted by atomic mass is 32.2. The zero-order chi connectivity index (χ0) is 18.4. The molecule has 0 aliphatic rings. The fourth-order valence-electron chi connectivity index (χ4n) is 1.96. The average Bonchev–Trinajstić information content (AvgIpc) is 2.85. The predicted octanol–water partition coefficient (Wildman–Crippen LogP) is 3.32. The molecule has 1 heterocycles. The normalized spacial score (nSPS) is 11.6. The summed E-state index contributed by atoms with van der Waals surface area (Å²) in [6.45, 7) is 3.83. The number of carbonyl (C=O) groups excluding carboxylic acids is 2. The Morgan fingerprint density at radius 2 is 2.00 bits per heavy atom. The number of thioether (sulfide) groups is 1. The molecule has 0 unspecified atom stereocenters. The Bertz CT molecular complexity index is 825. The number of halogens is 1. The summed E-state index contributed by atoms with van der Waals surface area (Å²) < 4.78 is 19.6. The van der Waals surface area contributed by atoms with Crippen LogP contribution in [0.3, 0.4) is 0 Å². The summed E-state index contributed by atoms with van der Waals surface area (Å²) in [6, 6.07) is 6.13. The number of hydrogen-bond donors (Lipinski definition) is 0. The molecular weight excluding hydrogens is 363 g/mol. The molecule has 5 nitrogen and oxygen atoms in total. The van der Waals surface area contributed by atoms with Crippen LogP contribution in [-0.2, 0) is 16.6 Å². The van der Waals surface area contributed by atoms with Crippen LogP contribution in [0.15, 0.2) is 34.2 Å². The Kier molecular flexibility index (Phi) is 6.95. The van der Waals surface area contributed by atoms with Crippen molar-refractivity contribution in [2.75, 3.05) is 12.4 Å². The molecule has 25 heavy (non-hydrogen) atoms. The molecule has 134 valence electrons. The van der Waals surface area contributed by atoms with Crippen molar-refractivity contribution in [2.45, 2.75) is 25.2 Å². The molecule has 2 aromatic rings. The molecule has 1 amide bonds. The van der Waals surface area contributed by atoms with Crippen molar-refractivity contribution in [3.05, 3.63) is 45.5 Å². The number of thiazole rings is 1. The van der Waals surface area contributed by atoms with Gasteiger partial charge in [-0.3, -0.25) is 4.79 Å². The summed E-state index contributed by atoms with van der Waals surface area (Å²) in [5.41, 5.74) is 0.718. The van der Waals surface area contributed by atoms with E-state index in [1.807, 2.05) is 0 Å². The summed E-state index contributed by atoms with van der Waals surface area (Å²) >= 11 is 2.61. The minimum Gasteiger partial charge on any atom is -0.462 e. The van der Waals surface area contributed by atoms with Crippen molar-refractivity contribution in [3.63, 3.8) is 0 Å². The van der Waals surface area contributed by atoms with E-state index in [9.17, 15) is 14.0 Å². The van der Waals surface area contributed by atoms with Crippen molar-refractivity contribution in [1.82, 2.24) is 4.57 Å². The number of amides is 1. The van der Waals surface area contributed by atoms with Gasteiger partial charge in [0.1, 0.15) is 10.7 Å². The van der Waals surface area contributed by atoms with Gasteiger partial charge in [0.05, 0.1) is 6.61 Å². The standard InChI is InChI=1S/C17H19FN2O3S2/c1-4-23-16(22)15-11(2)20(3)17(25-15)19-14(21)9-10-24-13-7-5-12(18)6-8-13/h5-8H,4,9-10H2,1-3H3. The molecule has 0 fully saturated rings. The van der Waals surface area contributed by atoms with Gasteiger partial charge >= 0.3 is 5.97 Å². The van der Waals surface area contributed by atoms with E-state index in [2.05, 4.69) is 4.99 Å². The summed E-state index contributed by atoms with van der Waals surface area (Å²) in [6.07, 6.45) is 0.258. The zero-order valence-electron chi connectivity index (χ0n) is 14.2. The maximum atomic E-state index is 12.8. The number of benzene rings is 1. The molecule has 0 spiro atoms. The summed E-state index contributed by atoms with van der Waals surface area (Å²) in [5.74, 6) is -0.399. The fraction of sp³-hybridized carbons (Fsp3) is 0.353. The van der Waals surface area contributed by atoms with Gasteiger partial charge in [-0.25, -0.2) is 9.18 Å². The van der Waals surface area contributed by atoms with Crippen LogP contribution in [0, 0.1) is 12.7 Å². The number of esters is 1. The van der Waals surface area contributed by atoms with Crippen LogP contribution in [0.25, 0.3) is 0 Å². The second kappa shape index (κ2) is 8.96. The van der Waals surface area contributed by atoms with Gasteiger partial charge in [0, 0.05) is 29.8 Å². The van der Waals surface area contributed by atoms with Crippen LogP contribution >= 0.6 is 23.1 Å². The lowest BCUT2D eigenvalue weighted by atomic mass is 10.4. The summed E-state index contributed by atoms with van der Waals surface area (Å²) in [4.78, 5) is 29.9. The molecule has 2 rings (SSSR count). The van der Waals surface area contributed by atoms with E-state index < -0.39 is 5.97 Å². The smallest absolute Gasteiger partial charge is 0.350 e. The number of ether oxygens (including phenoxy) is 1. The quantitative estimate of drug-likeness (QED) is 0.568. The van der Waals surface area contributed by atoms with Crippen LogP contribution in [0.1, 0.15) is 28.7 Å². The molecule has 8 heteroatoms. The predicted molar refractivity (Wildman–Crippen MR) is 96.3 cm³/mol. The monoisotopic (exact) mass is 382 g/mol. The van der Waals surface area contributed by atoms with Crippen molar-refractivity contribution >= 4 is 35.0 Å². The molecule has 1 aromatic heterocycles. The third-order valence-corrected chi connectivity index (χ3v) is 5.62. The lowest BCUT2D eigenvalue weighted by Crippen LogP contribution is -2.14. The lowest BCUT2D eigenvalue weighted by molar-refractivity contribution is -0.117. The Morgan fingerprint density at radius 1 is 1.32 bits per heavy atom. The van der Waals surface area contributed by atoms with Gasteiger partial charge in [0.2, 0.25) is 5.91 Å². The van der Waals surface area contributed by atoms with Crippen molar-refractivity contribution < 1.29 is 18.7 Å². The third kappa shape index (κ3) is 5.27. The maximum absolute atomic E-state index is 12.8. The first-order valence-corrected chi connectivity index (χ1v) is 9.52. The minimum absolute atomic E-state index is 0.258. The van der Waals surface area contributed by atoms with E-state index in [1.54, 1.807) is 37.6 Å². The van der Waals surface area contributed by atoms with Gasteiger partial charge < -0.3 is 9.30 Å². The lowest BCUT2D eigenvalue weighted by Gasteiger charge is -2.00. The molecule has 0 atom stereocenters. The molecule has 0 saturated heterocycles. The van der Waals surface area contributed by atoms with Gasteiger partial charge in [-0.1, -0.05) is 11.3 Å². The molecule has 0 aliphatic heterocycles. The van der Waals surface area contributed by atoms with Gasteiger partial charge in [-0.2, -0.15) is 4.99 Å². The summed E-state index contributed by atoms with van der Waals surface area (Å²) in [7, 11) is 1.76. The minimum atomic E-state index is -0.402. The van der Waals surface area contributed by atoms with E-state index in [4.69, 9.17) is 4.74 Å². The SMILES string of the molecule is CCOC(=O)c1sc(=NC(=O)CCSc2ccc(F)cc2)n(C)c1C. The molecule has 0 aliphatic carbocycles. The van der Waals surface area contributed by atoms with Crippen LogP contribution < -0.4 is 4.80 Å². The van der Waals surface area contributed by atoms with Gasteiger partial charge in [-0.05, 0) is 38.1 Å². The van der Waals surface area contributed by atoms with E-state index in [1.165, 1.54) is 23.9 Å². The van der Waals surface area contributed by atoms with Gasteiger partial charge in [0.15, 0.2) is 4.80 Å². The molecule has 0 radical (unpaired) electrons. The van der Waals surface area contributed by atoms with E-state index >= 15 is 0 Å². The van der Waals surface area contributed by atoms with Gasteiger partial charge in [0.25, 0.3) is 0 Å². The molecule has 1 aromatic carbocycles. The number of carbonyl (C=O) groups is 2. The van der Waals surface area contributed by atoms with Crippen LogP contribution in [0.5, 0.6) is 0 Å². The number of hydrogen-bond acceptors (Lipinski definition) is 5. The number of nitrogens with zero attached hydrogens (tertiary/aromatic N) is 2. The second-order valence-electron chi connectivity index (χ2n) is 5.14. The van der Waals surface area contributed by atoms with Crippen LogP contribution in [0.4, 0.5) is 4.39 Å². The first-order valence-electron chi connectivity index (χ1n) is 7.71. The average molecular weight is 382 g/mol. The first kappa shape index (κ1) is 19.4. The molecule has 0 bridgehead atoms. The number of rotatable bonds is 6. The van der Waals surface area contributed by atoms with Crippen LogP contribution in [-0.4, -0.2) is 28.8 Å². The number of aromatic nitrogens is 1. The highest BCUT2D eigenvalue weighted by molar-refractivity contribution is 7.99. The topological polar surface area (TPSA) is 60.7 Å². The van der Waals surface area contributed by atoms with E-state index in [0.717, 1.165) is 21.9 Å². The highest BCUT2D eigenvalue weighted by Gasteiger charge is 2.16. The molecule has 0 saturated carbocycles. The Labute approximate surface area is 153 Å². The third-order valence-electron chi connectivity index (χ3n) is 3.39. The first-order chi connectivity index (χ1) is 11.9. The molecular formula is C17H19FN2O3S2.